The molecule has 158 valence electrons. The summed E-state index contributed by atoms with van der Waals surface area (Å²) in [5, 5.41) is 7.23. The van der Waals surface area contributed by atoms with Crippen LogP contribution in [0.3, 0.4) is 0 Å². The Morgan fingerprint density at radius 3 is 2.77 bits per heavy atom. The lowest BCUT2D eigenvalue weighted by Crippen LogP contribution is -2.47. The molecule has 1 aromatic carbocycles. The zero-order valence-corrected chi connectivity index (χ0v) is 16.4. The molecule has 0 spiro atoms. The van der Waals surface area contributed by atoms with Crippen LogP contribution in [0.15, 0.2) is 30.7 Å². The van der Waals surface area contributed by atoms with E-state index in [2.05, 4.69) is 20.4 Å². The predicted molar refractivity (Wildman–Crippen MR) is 106 cm³/mol. The number of halogens is 3. The van der Waals surface area contributed by atoms with Crippen molar-refractivity contribution < 1.29 is 18.0 Å². The number of amides is 1. The number of carbonyl (C=O) groups excluding carboxylic acids is 1. The van der Waals surface area contributed by atoms with Gasteiger partial charge < -0.3 is 10.2 Å². The van der Waals surface area contributed by atoms with Crippen molar-refractivity contribution in [3.8, 4) is 0 Å². The number of carbonyl (C=O) groups is 1. The van der Waals surface area contributed by atoms with E-state index in [1.165, 1.54) is 23.1 Å². The van der Waals surface area contributed by atoms with E-state index in [9.17, 15) is 18.0 Å². The Balaban J connectivity index is 1.34. The van der Waals surface area contributed by atoms with Crippen LogP contribution < -0.4 is 10.2 Å². The molecule has 30 heavy (non-hydrogen) atoms. The molecule has 3 heterocycles. The van der Waals surface area contributed by atoms with E-state index in [-0.39, 0.29) is 17.6 Å². The molecule has 3 aromatic rings. The average Bonchev–Trinajstić information content (AvgIpc) is 3.04. The molecule has 1 N–H and O–H groups in total. The third-order valence-corrected chi connectivity index (χ3v) is 5.12. The maximum atomic E-state index is 14.2. The zero-order valence-electron chi connectivity index (χ0n) is 16.4. The summed E-state index contributed by atoms with van der Waals surface area (Å²) in [5.41, 5.74) is 0.652. The van der Waals surface area contributed by atoms with E-state index < -0.39 is 18.1 Å². The number of rotatable bonds is 7. The molecule has 7 nitrogen and oxygen atoms in total. The Bertz CT molecular complexity index is 1050. The van der Waals surface area contributed by atoms with Crippen molar-refractivity contribution in [3.63, 3.8) is 0 Å². The number of benzene rings is 1. The van der Waals surface area contributed by atoms with Crippen LogP contribution in [0.4, 0.5) is 24.7 Å². The predicted octanol–water partition coefficient (Wildman–Crippen LogP) is 3.63. The normalized spacial score (nSPS) is 14.4. The number of nitrogens with zero attached hydrogens (tertiary/aromatic N) is 5. The first-order valence-electron chi connectivity index (χ1n) is 9.68. The fourth-order valence-electron chi connectivity index (χ4n) is 3.58. The molecule has 1 aliphatic rings. The fraction of sp³-hybridized carbons (Fsp3) is 0.400. The van der Waals surface area contributed by atoms with Gasteiger partial charge in [0.1, 0.15) is 17.0 Å². The smallest absolute Gasteiger partial charge is 0.275 e. The van der Waals surface area contributed by atoms with Gasteiger partial charge in [0.2, 0.25) is 6.43 Å². The van der Waals surface area contributed by atoms with Gasteiger partial charge in [-0.25, -0.2) is 23.1 Å². The summed E-state index contributed by atoms with van der Waals surface area (Å²) in [6, 6.07) is 2.85. The van der Waals surface area contributed by atoms with Crippen LogP contribution in [0, 0.1) is 11.7 Å². The van der Waals surface area contributed by atoms with E-state index in [4.69, 9.17) is 0 Å². The monoisotopic (exact) mass is 418 g/mol. The highest BCUT2D eigenvalue weighted by molar-refractivity contribution is 6.03. The highest BCUT2D eigenvalue weighted by Crippen LogP contribution is 2.26. The Labute approximate surface area is 170 Å². The number of alkyl halides is 2. The Hall–Kier alpha value is -3.17. The zero-order chi connectivity index (χ0) is 21.3. The van der Waals surface area contributed by atoms with Crippen molar-refractivity contribution >= 4 is 28.3 Å². The summed E-state index contributed by atoms with van der Waals surface area (Å²) in [5.74, 6) is 0.00110. The van der Waals surface area contributed by atoms with Crippen molar-refractivity contribution in [2.75, 3.05) is 23.3 Å². The van der Waals surface area contributed by atoms with Crippen molar-refractivity contribution in [2.45, 2.75) is 25.7 Å². The van der Waals surface area contributed by atoms with Crippen molar-refractivity contribution in [2.24, 2.45) is 13.0 Å². The minimum absolute atomic E-state index is 0.0578. The van der Waals surface area contributed by atoms with Gasteiger partial charge in [-0.1, -0.05) is 0 Å². The van der Waals surface area contributed by atoms with E-state index in [0.717, 1.165) is 19.5 Å². The maximum absolute atomic E-state index is 14.2. The number of nitrogens with one attached hydrogen (secondary N) is 1. The molecule has 0 radical (unpaired) electrons. The minimum Gasteiger partial charge on any atom is -0.355 e. The molecule has 10 heteroatoms. The van der Waals surface area contributed by atoms with Crippen LogP contribution in [0.2, 0.25) is 0 Å². The molecule has 1 aliphatic heterocycles. The van der Waals surface area contributed by atoms with Crippen molar-refractivity contribution in [1.82, 2.24) is 19.7 Å². The first-order chi connectivity index (χ1) is 14.4. The number of fused-ring (bicyclic) bond motifs is 1. The topological polar surface area (TPSA) is 75.9 Å². The first-order valence-corrected chi connectivity index (χ1v) is 9.68. The van der Waals surface area contributed by atoms with E-state index >= 15 is 0 Å². The summed E-state index contributed by atoms with van der Waals surface area (Å²) < 4.78 is 40.0. The van der Waals surface area contributed by atoms with Gasteiger partial charge in [-0.05, 0) is 30.9 Å². The summed E-state index contributed by atoms with van der Waals surface area (Å²) in [6.45, 7) is 1.49. The lowest BCUT2D eigenvalue weighted by atomic mass is 9.94. The van der Waals surface area contributed by atoms with Crippen LogP contribution in [-0.2, 0) is 7.05 Å². The molecule has 4 rings (SSSR count). The lowest BCUT2D eigenvalue weighted by molar-refractivity contribution is 0.102. The van der Waals surface area contributed by atoms with Crippen LogP contribution >= 0.6 is 0 Å². The highest BCUT2D eigenvalue weighted by atomic mass is 19.3. The van der Waals surface area contributed by atoms with E-state index in [1.54, 1.807) is 19.3 Å². The van der Waals surface area contributed by atoms with Gasteiger partial charge in [-0.3, -0.25) is 9.48 Å². The summed E-state index contributed by atoms with van der Waals surface area (Å²) in [4.78, 5) is 22.8. The summed E-state index contributed by atoms with van der Waals surface area (Å²) in [7, 11) is 1.69. The molecular weight excluding hydrogens is 397 g/mol. The number of aryl methyl sites for hydroxylation is 1. The SMILES string of the molecule is Cn1cc2cc(NC(=O)c3cnc(N4CC(CCCC(F)F)C4)cn3)cc(F)c2n1. The second kappa shape index (κ2) is 8.29. The minimum atomic E-state index is -2.24. The maximum Gasteiger partial charge on any atom is 0.275 e. The first kappa shape index (κ1) is 20.1. The van der Waals surface area contributed by atoms with E-state index in [1.807, 2.05) is 4.90 Å². The van der Waals surface area contributed by atoms with Crippen LogP contribution in [0.1, 0.15) is 29.8 Å². The molecule has 0 unspecified atom stereocenters. The third kappa shape index (κ3) is 4.37. The second-order valence-corrected chi connectivity index (χ2v) is 7.51. The average molecular weight is 418 g/mol. The Kier molecular flexibility index (Phi) is 5.56. The molecule has 1 amide bonds. The molecule has 1 saturated heterocycles. The van der Waals surface area contributed by atoms with Gasteiger partial charge in [0.15, 0.2) is 5.82 Å². The summed E-state index contributed by atoms with van der Waals surface area (Å²) in [6.07, 6.45) is 3.53. The number of anilines is 2. The van der Waals surface area contributed by atoms with Crippen LogP contribution in [0.25, 0.3) is 10.9 Å². The van der Waals surface area contributed by atoms with Crippen LogP contribution in [0.5, 0.6) is 0 Å². The van der Waals surface area contributed by atoms with Gasteiger partial charge in [0.05, 0.1) is 12.4 Å². The lowest BCUT2D eigenvalue weighted by Gasteiger charge is -2.40. The Morgan fingerprint density at radius 2 is 2.07 bits per heavy atom. The number of hydrogen-bond acceptors (Lipinski definition) is 5. The van der Waals surface area contributed by atoms with Gasteiger partial charge >= 0.3 is 0 Å². The van der Waals surface area contributed by atoms with Gasteiger partial charge in [-0.2, -0.15) is 5.10 Å². The fourth-order valence-corrected chi connectivity index (χ4v) is 3.58. The molecule has 0 saturated carbocycles. The molecule has 0 bridgehead atoms. The standard InChI is InChI=1S/C20H21F3N6O/c1-28-11-13-5-14(6-15(21)19(13)27-28)26-20(30)16-7-25-18(8-24-16)29-9-12(10-29)3-2-4-17(22)23/h5-8,11-12,17H,2-4,9-10H2,1H3,(H,26,30). The van der Waals surface area contributed by atoms with Gasteiger partial charge in [0, 0.05) is 43.8 Å². The molecule has 0 aliphatic carbocycles. The molecular formula is C20H21F3N6O. The van der Waals surface area contributed by atoms with Crippen LogP contribution in [-0.4, -0.2) is 45.2 Å². The Morgan fingerprint density at radius 1 is 1.27 bits per heavy atom. The quantitative estimate of drug-likeness (QED) is 0.634. The number of hydrogen-bond donors (Lipinski definition) is 1. The third-order valence-electron chi connectivity index (χ3n) is 5.12. The molecule has 0 atom stereocenters. The molecule has 2 aromatic heterocycles. The highest BCUT2D eigenvalue weighted by Gasteiger charge is 2.27. The largest absolute Gasteiger partial charge is 0.355 e. The van der Waals surface area contributed by atoms with Crippen molar-refractivity contribution in [3.05, 3.63) is 42.2 Å². The second-order valence-electron chi connectivity index (χ2n) is 7.51. The summed E-state index contributed by atoms with van der Waals surface area (Å²) >= 11 is 0. The van der Waals surface area contributed by atoms with Crippen molar-refractivity contribution in [1.29, 1.82) is 0 Å². The molecule has 1 fully saturated rings. The van der Waals surface area contributed by atoms with Gasteiger partial charge in [-0.15, -0.1) is 0 Å². The van der Waals surface area contributed by atoms with E-state index in [0.29, 0.717) is 29.2 Å². The number of aromatic nitrogens is 4. The van der Waals surface area contributed by atoms with Gasteiger partial charge in [0.25, 0.3) is 5.91 Å².